The maximum absolute atomic E-state index is 13.9. The van der Waals surface area contributed by atoms with E-state index in [1.807, 2.05) is 0 Å². The van der Waals surface area contributed by atoms with E-state index in [2.05, 4.69) is 10.6 Å². The molecule has 18 heteroatoms. The fourth-order valence-electron chi connectivity index (χ4n) is 5.74. The molecule has 0 bridgehead atoms. The molecule has 302 valence electrons. The molecule has 0 spiro atoms. The first-order valence-electron chi connectivity index (χ1n) is 17.6. The topological polar surface area (TPSA) is 282 Å². The van der Waals surface area contributed by atoms with Gasteiger partial charge >= 0.3 is 17.9 Å². The van der Waals surface area contributed by atoms with Crippen molar-refractivity contribution in [1.82, 2.24) is 10.6 Å². The van der Waals surface area contributed by atoms with Crippen molar-refractivity contribution in [3.05, 3.63) is 75.6 Å². The molecule has 2 rings (SSSR count). The van der Waals surface area contributed by atoms with Crippen molar-refractivity contribution >= 4 is 58.5 Å². The zero-order chi connectivity index (χ0) is 41.9. The van der Waals surface area contributed by atoms with Gasteiger partial charge in [0.25, 0.3) is 5.69 Å². The number of hydrogen-bond acceptors (Lipinski definition) is 11. The Bertz CT molecular complexity index is 1780. The summed E-state index contributed by atoms with van der Waals surface area (Å²) in [7, 11) is 0. The lowest BCUT2D eigenvalue weighted by atomic mass is 9.88. The number of aliphatic carboxylic acids is 3. The fraction of sp³-hybridized carbons (Fsp3) is 0.447. The summed E-state index contributed by atoms with van der Waals surface area (Å²) in [4.78, 5) is 122. The normalized spacial score (nSPS) is 13.0. The van der Waals surface area contributed by atoms with Gasteiger partial charge in [-0.1, -0.05) is 24.3 Å². The Morgan fingerprint density at radius 3 is 1.71 bits per heavy atom. The molecular formula is C38H44FN3O14. The minimum atomic E-state index is -1.35. The van der Waals surface area contributed by atoms with Gasteiger partial charge in [-0.15, -0.1) is 0 Å². The highest BCUT2D eigenvalue weighted by atomic mass is 19.1. The van der Waals surface area contributed by atoms with Crippen molar-refractivity contribution in [3.63, 3.8) is 0 Å². The summed E-state index contributed by atoms with van der Waals surface area (Å²) in [6.07, 6.45) is -4.04. The molecule has 0 heterocycles. The molecule has 4 atom stereocenters. The highest BCUT2D eigenvalue weighted by Gasteiger charge is 2.31. The first-order chi connectivity index (χ1) is 26.3. The predicted octanol–water partition coefficient (Wildman–Crippen LogP) is 3.03. The minimum absolute atomic E-state index is 0.155. The number of rotatable bonds is 27. The van der Waals surface area contributed by atoms with Crippen LogP contribution in [0.15, 0.2) is 48.5 Å². The molecule has 0 saturated carbocycles. The van der Waals surface area contributed by atoms with Gasteiger partial charge in [0.1, 0.15) is 17.4 Å². The van der Waals surface area contributed by atoms with Crippen LogP contribution in [0.4, 0.5) is 10.1 Å². The van der Waals surface area contributed by atoms with Crippen LogP contribution in [0.3, 0.4) is 0 Å². The first-order valence-corrected chi connectivity index (χ1v) is 17.6. The predicted molar refractivity (Wildman–Crippen MR) is 192 cm³/mol. The average Bonchev–Trinajstić information content (AvgIpc) is 3.13. The van der Waals surface area contributed by atoms with Gasteiger partial charge in [-0.05, 0) is 55.9 Å². The molecule has 0 aliphatic heterocycles. The van der Waals surface area contributed by atoms with E-state index in [-0.39, 0.29) is 31.4 Å². The largest absolute Gasteiger partial charge is 0.481 e. The molecule has 0 saturated heterocycles. The smallest absolute Gasteiger partial charge is 0.303 e. The number of nitro benzene ring substituents is 1. The summed E-state index contributed by atoms with van der Waals surface area (Å²) in [6, 6.07) is 8.74. The number of carbonyl (C=O) groups is 9. The van der Waals surface area contributed by atoms with Gasteiger partial charge in [-0.2, -0.15) is 0 Å². The lowest BCUT2D eigenvalue weighted by molar-refractivity contribution is -0.384. The van der Waals surface area contributed by atoms with Crippen LogP contribution < -0.4 is 10.6 Å². The number of nitro groups is 1. The highest BCUT2D eigenvalue weighted by molar-refractivity contribution is 5.95. The van der Waals surface area contributed by atoms with Crippen molar-refractivity contribution in [2.45, 2.75) is 83.6 Å². The Kier molecular flexibility index (Phi) is 18.8. The van der Waals surface area contributed by atoms with Crippen LogP contribution in [-0.4, -0.2) is 85.7 Å². The summed E-state index contributed by atoms with van der Waals surface area (Å²) >= 11 is 0. The Labute approximate surface area is 320 Å². The van der Waals surface area contributed by atoms with E-state index in [0.717, 1.165) is 12.1 Å². The summed E-state index contributed by atoms with van der Waals surface area (Å²) in [6.45, 7) is 0.534. The Morgan fingerprint density at radius 2 is 1.18 bits per heavy atom. The third-order valence-corrected chi connectivity index (χ3v) is 8.89. The van der Waals surface area contributed by atoms with Crippen LogP contribution >= 0.6 is 0 Å². The monoisotopic (exact) mass is 785 g/mol. The van der Waals surface area contributed by atoms with E-state index in [0.29, 0.717) is 11.1 Å². The third-order valence-electron chi connectivity index (χ3n) is 8.89. The number of ketones is 4. The summed E-state index contributed by atoms with van der Waals surface area (Å²) in [5.74, 6) is -11.8. The number of hydrogen-bond donors (Lipinski definition) is 5. The molecule has 5 N–H and O–H groups in total. The number of carbonyl (C=O) groups excluding carboxylic acids is 6. The molecule has 0 radical (unpaired) electrons. The van der Waals surface area contributed by atoms with Crippen LogP contribution in [0.5, 0.6) is 0 Å². The molecule has 0 aromatic heterocycles. The van der Waals surface area contributed by atoms with Crippen molar-refractivity contribution in [1.29, 1.82) is 0 Å². The number of Topliss-reactive ketones (excluding diaryl/α,β-unsaturated/α-hetero) is 4. The maximum Gasteiger partial charge on any atom is 0.303 e. The lowest BCUT2D eigenvalue weighted by Gasteiger charge is -2.24. The second-order valence-electron chi connectivity index (χ2n) is 13.4. The van der Waals surface area contributed by atoms with Gasteiger partial charge in [0.2, 0.25) is 11.8 Å². The second-order valence-corrected chi connectivity index (χ2v) is 13.4. The number of carboxylic acids is 3. The van der Waals surface area contributed by atoms with Crippen molar-refractivity contribution in [3.8, 4) is 0 Å². The number of amides is 2. The van der Waals surface area contributed by atoms with Gasteiger partial charge in [-0.25, -0.2) is 4.39 Å². The van der Waals surface area contributed by atoms with E-state index in [1.165, 1.54) is 43.3 Å². The quantitative estimate of drug-likeness (QED) is 0.0643. The number of carboxylic acid groups (broad SMARTS) is 3. The molecule has 0 fully saturated rings. The average molecular weight is 786 g/mol. The lowest BCUT2D eigenvalue weighted by Crippen LogP contribution is -2.47. The Balaban J connectivity index is 2.34. The molecule has 2 amide bonds. The SMILES string of the molecule is CC(=O)[C@H](CCC(=O)O)CC(=O)[C@H](Cc1ccc([N+](=O)[O-])cc1)NC(=O)[C@@H](CC(=O)CNC(=O)[C@H](CCC(=O)O)CC(=O)CCC(=O)O)Cc1ccc(F)cc1. The van der Waals surface area contributed by atoms with E-state index >= 15 is 0 Å². The number of halogens is 1. The Hall–Kier alpha value is -6.20. The van der Waals surface area contributed by atoms with Gasteiger partial charge in [0.05, 0.1) is 23.9 Å². The molecule has 17 nitrogen and oxygen atoms in total. The van der Waals surface area contributed by atoms with Gasteiger partial charge in [0, 0.05) is 68.4 Å². The number of nitrogens with one attached hydrogen (secondary N) is 2. The molecule has 2 aromatic rings. The first kappa shape index (κ1) is 46.0. The summed E-state index contributed by atoms with van der Waals surface area (Å²) in [5.41, 5.74) is 0.557. The number of nitrogens with zero attached hydrogens (tertiary/aromatic N) is 1. The molecule has 0 aliphatic rings. The summed E-state index contributed by atoms with van der Waals surface area (Å²) < 4.78 is 13.7. The van der Waals surface area contributed by atoms with E-state index in [4.69, 9.17) is 15.3 Å². The van der Waals surface area contributed by atoms with Crippen LogP contribution in [0.25, 0.3) is 0 Å². The second kappa shape index (κ2) is 22.9. The van der Waals surface area contributed by atoms with Gasteiger partial charge in [0.15, 0.2) is 11.6 Å². The van der Waals surface area contributed by atoms with Crippen molar-refractivity contribution < 1.29 is 67.8 Å². The van der Waals surface area contributed by atoms with Crippen molar-refractivity contribution in [2.75, 3.05) is 6.54 Å². The standard InChI is InChI=1S/C38H44FN3O14/c1-22(43)25(6-13-34(47)48)20-33(46)32(17-24-4-10-29(11-5-24)42(55)56)41-38(54)27(16-23-2-8-28(39)9-3-23)19-31(45)21-40-37(53)26(7-14-35(49)50)18-30(44)12-15-36(51)52/h2-5,8-11,25-27,32H,6-7,12-21H2,1H3,(H,40,53)(H,41,54)(H,47,48)(H,49,50)(H,51,52)/t25-,26-,27-,32+/m1/s1. The third kappa shape index (κ3) is 17.3. The zero-order valence-corrected chi connectivity index (χ0v) is 30.6. The molecule has 0 aliphatic carbocycles. The molecule has 0 unspecified atom stereocenters. The van der Waals surface area contributed by atoms with Crippen LogP contribution in [0.2, 0.25) is 0 Å². The van der Waals surface area contributed by atoms with Crippen LogP contribution in [-0.2, 0) is 56.0 Å². The fourth-order valence-corrected chi connectivity index (χ4v) is 5.74. The minimum Gasteiger partial charge on any atom is -0.481 e. The zero-order valence-electron chi connectivity index (χ0n) is 30.6. The van der Waals surface area contributed by atoms with Crippen molar-refractivity contribution in [2.24, 2.45) is 17.8 Å². The molecular weight excluding hydrogens is 741 g/mol. The molecule has 2 aromatic carbocycles. The Morgan fingerprint density at radius 1 is 0.661 bits per heavy atom. The number of benzene rings is 2. The van der Waals surface area contributed by atoms with E-state index in [9.17, 15) is 57.7 Å². The van der Waals surface area contributed by atoms with Gasteiger partial charge in [-0.3, -0.25) is 53.3 Å². The van der Waals surface area contributed by atoms with Crippen LogP contribution in [0.1, 0.15) is 75.8 Å². The van der Waals surface area contributed by atoms with E-state index < -0.39 is 139 Å². The van der Waals surface area contributed by atoms with Crippen LogP contribution in [0, 0.1) is 33.7 Å². The van der Waals surface area contributed by atoms with E-state index in [1.54, 1.807) is 0 Å². The van der Waals surface area contributed by atoms with Gasteiger partial charge < -0.3 is 26.0 Å². The maximum atomic E-state index is 13.9. The number of non-ortho nitro benzene ring substituents is 1. The highest BCUT2D eigenvalue weighted by Crippen LogP contribution is 2.21. The summed E-state index contributed by atoms with van der Waals surface area (Å²) in [5, 5.41) is 43.2. The molecule has 56 heavy (non-hydrogen) atoms.